The number of nitrogens with one attached hydrogen (secondary N) is 1. The van der Waals surface area contributed by atoms with Crippen molar-refractivity contribution in [1.29, 1.82) is 0 Å². The maximum atomic E-state index is 12.2. The number of hydrogen-bond donors (Lipinski definition) is 1. The smallest absolute Gasteiger partial charge is 0.318 e. The second-order valence-corrected chi connectivity index (χ2v) is 5.52. The number of anilines is 1. The molecule has 0 radical (unpaired) electrons. The number of hydrogen-bond acceptors (Lipinski definition) is 3. The summed E-state index contributed by atoms with van der Waals surface area (Å²) in [5.41, 5.74) is 2.64. The number of benzene rings is 1. The number of nitrogens with zero attached hydrogens (tertiary/aromatic N) is 2. The molecule has 1 aromatic carbocycles. The van der Waals surface area contributed by atoms with Crippen molar-refractivity contribution in [2.45, 2.75) is 13.1 Å². The molecule has 1 N–H and O–H groups in total. The van der Waals surface area contributed by atoms with Crippen LogP contribution in [0.3, 0.4) is 0 Å². The van der Waals surface area contributed by atoms with Gasteiger partial charge in [0.05, 0.1) is 5.69 Å². The Bertz CT molecular complexity index is 833. The number of halogens is 3. The lowest BCUT2D eigenvalue weighted by atomic mass is 10.1. The molecule has 0 fully saturated rings. The number of amides is 1. The van der Waals surface area contributed by atoms with E-state index in [0.717, 1.165) is 21.9 Å². The fourth-order valence-electron chi connectivity index (χ4n) is 1.96. The molecule has 1 amide bonds. The highest BCUT2D eigenvalue weighted by Crippen LogP contribution is 2.25. The molecule has 0 saturated heterocycles. The van der Waals surface area contributed by atoms with Crippen LogP contribution in [0.15, 0.2) is 35.8 Å². The predicted octanol–water partition coefficient (Wildman–Crippen LogP) is 3.87. The lowest BCUT2D eigenvalue weighted by Crippen LogP contribution is -2.29. The fraction of sp³-hybridized carbons (Fsp3) is 0.143. The molecular weight excluding hydrogens is 315 g/mol. The van der Waals surface area contributed by atoms with E-state index in [1.807, 2.05) is 22.9 Å². The van der Waals surface area contributed by atoms with Crippen LogP contribution in [-0.2, 0) is 4.79 Å². The first-order chi connectivity index (χ1) is 10.3. The Balaban J connectivity index is 1.83. The van der Waals surface area contributed by atoms with Gasteiger partial charge in [-0.1, -0.05) is 12.1 Å². The number of carbonyl (C=O) groups excluding carboxylic acids is 1. The molecule has 8 heteroatoms. The monoisotopic (exact) mass is 325 g/mol. The van der Waals surface area contributed by atoms with Gasteiger partial charge in [-0.15, -0.1) is 11.3 Å². The van der Waals surface area contributed by atoms with Crippen LogP contribution in [0.5, 0.6) is 0 Å². The Hall–Kier alpha value is -2.35. The number of aromatic nitrogens is 2. The van der Waals surface area contributed by atoms with E-state index in [-0.39, 0.29) is 5.69 Å². The highest BCUT2D eigenvalue weighted by atomic mass is 32.1. The molecule has 3 aromatic rings. The largest absolute Gasteiger partial charge is 0.471 e. The lowest BCUT2D eigenvalue weighted by molar-refractivity contribution is -0.167. The maximum Gasteiger partial charge on any atom is 0.471 e. The summed E-state index contributed by atoms with van der Waals surface area (Å²) >= 11 is 1.51. The van der Waals surface area contributed by atoms with Gasteiger partial charge in [-0.3, -0.25) is 9.20 Å². The van der Waals surface area contributed by atoms with Crippen molar-refractivity contribution in [2.75, 3.05) is 5.32 Å². The van der Waals surface area contributed by atoms with Gasteiger partial charge in [0.15, 0.2) is 4.96 Å². The summed E-state index contributed by atoms with van der Waals surface area (Å²) in [6.45, 7) is 1.96. The van der Waals surface area contributed by atoms with E-state index in [0.29, 0.717) is 0 Å². The van der Waals surface area contributed by atoms with E-state index in [1.165, 1.54) is 23.5 Å². The molecule has 114 valence electrons. The average Bonchev–Trinajstić information content (AvgIpc) is 3.01. The third-order valence-corrected chi connectivity index (χ3v) is 4.04. The van der Waals surface area contributed by atoms with Gasteiger partial charge in [0.1, 0.15) is 0 Å². The SMILES string of the molecule is Cc1csc2nc(-c3ccc(NC(=O)C(F)(F)F)cc3)cn12. The molecule has 0 unspecified atom stereocenters. The van der Waals surface area contributed by atoms with Crippen molar-refractivity contribution >= 4 is 27.9 Å². The van der Waals surface area contributed by atoms with Crippen LogP contribution in [0.2, 0.25) is 0 Å². The van der Waals surface area contributed by atoms with Crippen LogP contribution in [0.25, 0.3) is 16.2 Å². The lowest BCUT2D eigenvalue weighted by Gasteiger charge is -2.08. The molecule has 0 saturated carbocycles. The van der Waals surface area contributed by atoms with Crippen LogP contribution in [0, 0.1) is 6.92 Å². The molecule has 0 bridgehead atoms. The fourth-order valence-corrected chi connectivity index (χ4v) is 2.81. The molecule has 0 spiro atoms. The van der Waals surface area contributed by atoms with Crippen LogP contribution in [-0.4, -0.2) is 21.5 Å². The van der Waals surface area contributed by atoms with Crippen LogP contribution >= 0.6 is 11.3 Å². The standard InChI is InChI=1S/C14H10F3N3OS/c1-8-7-22-13-19-11(6-20(8)13)9-2-4-10(5-3-9)18-12(21)14(15,16)17/h2-7H,1H3,(H,18,21). The van der Waals surface area contributed by atoms with Gasteiger partial charge >= 0.3 is 12.1 Å². The van der Waals surface area contributed by atoms with Crippen molar-refractivity contribution in [2.24, 2.45) is 0 Å². The number of thiazole rings is 1. The average molecular weight is 325 g/mol. The van der Waals surface area contributed by atoms with Gasteiger partial charge in [-0.05, 0) is 19.1 Å². The van der Waals surface area contributed by atoms with Gasteiger partial charge in [0.2, 0.25) is 0 Å². The van der Waals surface area contributed by atoms with Gasteiger partial charge in [0.25, 0.3) is 0 Å². The topological polar surface area (TPSA) is 46.4 Å². The first-order valence-electron chi connectivity index (χ1n) is 6.26. The van der Waals surface area contributed by atoms with Crippen molar-refractivity contribution in [3.63, 3.8) is 0 Å². The van der Waals surface area contributed by atoms with Crippen molar-refractivity contribution in [1.82, 2.24) is 9.38 Å². The second-order valence-electron chi connectivity index (χ2n) is 4.69. The summed E-state index contributed by atoms with van der Waals surface area (Å²) in [6.07, 6.45) is -3.03. The Kier molecular flexibility index (Phi) is 3.40. The Morgan fingerprint density at radius 1 is 1.27 bits per heavy atom. The number of aryl methyl sites for hydroxylation is 1. The predicted molar refractivity (Wildman–Crippen MR) is 77.9 cm³/mol. The Labute approximate surface area is 127 Å². The number of alkyl halides is 3. The summed E-state index contributed by atoms with van der Waals surface area (Å²) in [6, 6.07) is 6.07. The zero-order chi connectivity index (χ0) is 15.9. The Morgan fingerprint density at radius 2 is 1.95 bits per heavy atom. The minimum Gasteiger partial charge on any atom is -0.318 e. The summed E-state index contributed by atoms with van der Waals surface area (Å²) in [5, 5.41) is 3.79. The molecule has 2 heterocycles. The van der Waals surface area contributed by atoms with Crippen LogP contribution < -0.4 is 5.32 Å². The first-order valence-corrected chi connectivity index (χ1v) is 7.14. The van der Waals surface area contributed by atoms with E-state index >= 15 is 0 Å². The van der Waals surface area contributed by atoms with Crippen LogP contribution in [0.4, 0.5) is 18.9 Å². The zero-order valence-corrected chi connectivity index (χ0v) is 12.1. The highest BCUT2D eigenvalue weighted by molar-refractivity contribution is 7.15. The highest BCUT2D eigenvalue weighted by Gasteiger charge is 2.38. The van der Waals surface area contributed by atoms with Crippen molar-refractivity contribution in [3.05, 3.63) is 41.5 Å². The van der Waals surface area contributed by atoms with E-state index in [1.54, 1.807) is 17.4 Å². The normalized spacial score (nSPS) is 11.8. The van der Waals surface area contributed by atoms with Gasteiger partial charge in [-0.2, -0.15) is 13.2 Å². The van der Waals surface area contributed by atoms with Crippen molar-refractivity contribution in [3.8, 4) is 11.3 Å². The molecule has 0 aliphatic heterocycles. The molecule has 0 aliphatic rings. The summed E-state index contributed by atoms with van der Waals surface area (Å²) < 4.78 is 38.5. The molecule has 3 rings (SSSR count). The van der Waals surface area contributed by atoms with Crippen LogP contribution in [0.1, 0.15) is 5.69 Å². The summed E-state index contributed by atoms with van der Waals surface area (Å²) in [4.78, 5) is 16.2. The van der Waals surface area contributed by atoms with E-state index < -0.39 is 12.1 Å². The van der Waals surface area contributed by atoms with Gasteiger partial charge < -0.3 is 5.32 Å². The Morgan fingerprint density at radius 3 is 2.55 bits per heavy atom. The molecule has 22 heavy (non-hydrogen) atoms. The quantitative estimate of drug-likeness (QED) is 0.777. The minimum atomic E-state index is -4.90. The van der Waals surface area contributed by atoms with E-state index in [4.69, 9.17) is 0 Å². The number of fused-ring (bicyclic) bond motifs is 1. The molecule has 4 nitrogen and oxygen atoms in total. The van der Waals surface area contributed by atoms with Gasteiger partial charge in [0, 0.05) is 28.5 Å². The molecule has 0 aliphatic carbocycles. The third-order valence-electron chi connectivity index (χ3n) is 3.08. The number of carbonyl (C=O) groups is 1. The van der Waals surface area contributed by atoms with Crippen molar-refractivity contribution < 1.29 is 18.0 Å². The first kappa shape index (κ1) is 14.6. The molecule has 2 aromatic heterocycles. The molecule has 0 atom stereocenters. The zero-order valence-electron chi connectivity index (χ0n) is 11.3. The maximum absolute atomic E-state index is 12.2. The third kappa shape index (κ3) is 2.69. The summed E-state index contributed by atoms with van der Waals surface area (Å²) in [7, 11) is 0. The number of rotatable bonds is 2. The minimum absolute atomic E-state index is 0.0864. The second kappa shape index (κ2) is 5.13. The van der Waals surface area contributed by atoms with E-state index in [9.17, 15) is 18.0 Å². The number of imidazole rings is 1. The van der Waals surface area contributed by atoms with E-state index in [2.05, 4.69) is 4.98 Å². The van der Waals surface area contributed by atoms with Gasteiger partial charge in [-0.25, -0.2) is 4.98 Å². The molecular formula is C14H10F3N3OS. The summed E-state index contributed by atoms with van der Waals surface area (Å²) in [5.74, 6) is -1.99.